The molecule has 0 aromatic heterocycles. The maximum Gasteiger partial charge on any atom is 0.344 e. The Hall–Kier alpha value is -3.22. The van der Waals surface area contributed by atoms with Gasteiger partial charge in [0.1, 0.15) is 5.56 Å². The number of unbranched alkanes of at least 4 members (excludes halogenated alkanes) is 3. The summed E-state index contributed by atoms with van der Waals surface area (Å²) >= 11 is 0. The number of benzene rings is 2. The normalized spacial score (nSPS) is 14.6. The van der Waals surface area contributed by atoms with Gasteiger partial charge in [-0.1, -0.05) is 26.2 Å². The molecule has 30 heavy (non-hydrogen) atoms. The molecule has 0 aliphatic carbocycles. The molecule has 7 heteroatoms. The highest BCUT2D eigenvalue weighted by Gasteiger charge is 2.35. The van der Waals surface area contributed by atoms with E-state index in [-0.39, 0.29) is 5.97 Å². The molecule has 0 fully saturated rings. The zero-order chi connectivity index (χ0) is 21.5. The molecule has 1 N–H and O–H groups in total. The van der Waals surface area contributed by atoms with Crippen LogP contribution in [0.3, 0.4) is 0 Å². The maximum absolute atomic E-state index is 12.4. The minimum atomic E-state index is -0.663. The summed E-state index contributed by atoms with van der Waals surface area (Å²) in [7, 11) is 2.99. The molecule has 0 spiro atoms. The number of methoxy groups -OCH3 is 2. The highest BCUT2D eigenvalue weighted by atomic mass is 16.6. The number of fused-ring (bicyclic) bond motifs is 1. The summed E-state index contributed by atoms with van der Waals surface area (Å²) in [6, 6.07) is 10.4. The fourth-order valence-corrected chi connectivity index (χ4v) is 3.34. The van der Waals surface area contributed by atoms with Crippen LogP contribution < -0.4 is 14.8 Å². The number of ether oxygens (including phenoxy) is 4. The zero-order valence-corrected chi connectivity index (χ0v) is 17.5. The van der Waals surface area contributed by atoms with Crippen molar-refractivity contribution in [1.29, 1.82) is 0 Å². The number of carbonyl (C=O) groups excluding carboxylic acids is 2. The van der Waals surface area contributed by atoms with Crippen LogP contribution in [0.25, 0.3) is 0 Å². The molecule has 0 bridgehead atoms. The minimum Gasteiger partial charge on any atom is -0.493 e. The molecule has 1 aliphatic heterocycles. The van der Waals surface area contributed by atoms with Crippen LogP contribution >= 0.6 is 0 Å². The third kappa shape index (κ3) is 4.67. The summed E-state index contributed by atoms with van der Waals surface area (Å²) in [5.41, 5.74) is 2.19. The Kier molecular flexibility index (Phi) is 7.17. The van der Waals surface area contributed by atoms with Crippen molar-refractivity contribution in [2.75, 3.05) is 26.1 Å². The standard InChI is InChI=1S/C23H27NO6/c1-4-5-6-7-14-29-22(25)15-8-10-16(11-9-15)24-21-17-12-13-18(27-2)20(28-3)19(17)23(26)30-21/h8-13,21,24H,4-7,14H2,1-3H3/t21-/m0/s1. The van der Waals surface area contributed by atoms with Crippen molar-refractivity contribution in [2.45, 2.75) is 38.8 Å². The van der Waals surface area contributed by atoms with Crippen LogP contribution in [0.1, 0.15) is 65.1 Å². The van der Waals surface area contributed by atoms with Gasteiger partial charge in [0.05, 0.1) is 26.4 Å². The molecule has 160 valence electrons. The minimum absolute atomic E-state index is 0.340. The molecule has 2 aromatic rings. The number of hydrogen-bond acceptors (Lipinski definition) is 7. The molecule has 1 heterocycles. The second kappa shape index (κ2) is 10.0. The van der Waals surface area contributed by atoms with E-state index >= 15 is 0 Å². The lowest BCUT2D eigenvalue weighted by Crippen LogP contribution is -2.11. The molecule has 0 radical (unpaired) electrons. The number of anilines is 1. The van der Waals surface area contributed by atoms with Crippen molar-refractivity contribution in [3.8, 4) is 11.5 Å². The molecule has 7 nitrogen and oxygen atoms in total. The predicted octanol–water partition coefficient (Wildman–Crippen LogP) is 4.72. The van der Waals surface area contributed by atoms with E-state index < -0.39 is 12.2 Å². The van der Waals surface area contributed by atoms with Crippen LogP contribution in [0.5, 0.6) is 11.5 Å². The van der Waals surface area contributed by atoms with Gasteiger partial charge in [-0.3, -0.25) is 0 Å². The Bertz CT molecular complexity index is 893. The summed E-state index contributed by atoms with van der Waals surface area (Å²) in [5, 5.41) is 3.16. The molecule has 0 unspecified atom stereocenters. The van der Waals surface area contributed by atoms with Crippen LogP contribution in [0.4, 0.5) is 5.69 Å². The van der Waals surface area contributed by atoms with Crippen LogP contribution in [-0.4, -0.2) is 32.8 Å². The molecule has 1 aliphatic rings. The SMILES string of the molecule is CCCCCCOC(=O)c1ccc(N[C@H]2OC(=O)c3c2ccc(OC)c3OC)cc1. The molecule has 3 rings (SSSR count). The second-order valence-corrected chi connectivity index (χ2v) is 6.97. The van der Waals surface area contributed by atoms with Crippen molar-refractivity contribution in [3.63, 3.8) is 0 Å². The fraction of sp³-hybridized carbons (Fsp3) is 0.391. The monoisotopic (exact) mass is 413 g/mol. The van der Waals surface area contributed by atoms with Crippen LogP contribution in [0.15, 0.2) is 36.4 Å². The highest BCUT2D eigenvalue weighted by molar-refractivity contribution is 5.98. The second-order valence-electron chi connectivity index (χ2n) is 6.97. The van der Waals surface area contributed by atoms with Gasteiger partial charge < -0.3 is 24.3 Å². The molecule has 0 amide bonds. The number of rotatable bonds is 10. The van der Waals surface area contributed by atoms with E-state index in [0.29, 0.717) is 40.5 Å². The van der Waals surface area contributed by atoms with Crippen molar-refractivity contribution in [1.82, 2.24) is 0 Å². The summed E-state index contributed by atoms with van der Waals surface area (Å²) in [6.45, 7) is 2.57. The maximum atomic E-state index is 12.4. The van der Waals surface area contributed by atoms with Gasteiger partial charge in [-0.15, -0.1) is 0 Å². The summed E-state index contributed by atoms with van der Waals surface area (Å²) in [4.78, 5) is 24.5. The summed E-state index contributed by atoms with van der Waals surface area (Å²) < 4.78 is 21.4. The van der Waals surface area contributed by atoms with Gasteiger partial charge >= 0.3 is 11.9 Å². The van der Waals surface area contributed by atoms with Crippen LogP contribution in [0, 0.1) is 0 Å². The molecular weight excluding hydrogens is 386 g/mol. The number of esters is 2. The average Bonchev–Trinajstić information content (AvgIpc) is 3.08. The lowest BCUT2D eigenvalue weighted by molar-refractivity contribution is 0.0434. The molecular formula is C23H27NO6. The van der Waals surface area contributed by atoms with Crippen LogP contribution in [0.2, 0.25) is 0 Å². The summed E-state index contributed by atoms with van der Waals surface area (Å²) in [6.07, 6.45) is 3.56. The third-order valence-electron chi connectivity index (χ3n) is 4.94. The van der Waals surface area contributed by atoms with Gasteiger partial charge in [0.2, 0.25) is 6.23 Å². The quantitative estimate of drug-likeness (QED) is 0.446. The lowest BCUT2D eigenvalue weighted by atomic mass is 10.1. The van der Waals surface area contributed by atoms with Gasteiger partial charge in [0.15, 0.2) is 11.5 Å². The molecule has 2 aromatic carbocycles. The molecule has 0 saturated heterocycles. The number of hydrogen-bond donors (Lipinski definition) is 1. The number of cyclic esters (lactones) is 1. The van der Waals surface area contributed by atoms with Gasteiger partial charge in [-0.05, 0) is 42.8 Å². The summed E-state index contributed by atoms with van der Waals surface area (Å²) in [5.74, 6) is -0.0122. The number of carbonyl (C=O) groups is 2. The van der Waals surface area contributed by atoms with E-state index in [1.165, 1.54) is 14.2 Å². The Morgan fingerprint density at radius 3 is 2.47 bits per heavy atom. The molecule has 0 saturated carbocycles. The third-order valence-corrected chi connectivity index (χ3v) is 4.94. The first-order chi connectivity index (χ1) is 14.6. The Labute approximate surface area is 176 Å². The fourth-order valence-electron chi connectivity index (χ4n) is 3.34. The van der Waals surface area contributed by atoms with E-state index in [9.17, 15) is 9.59 Å². The topological polar surface area (TPSA) is 83.1 Å². The zero-order valence-electron chi connectivity index (χ0n) is 17.5. The Morgan fingerprint density at radius 1 is 1.03 bits per heavy atom. The first-order valence-electron chi connectivity index (χ1n) is 10.1. The lowest BCUT2D eigenvalue weighted by Gasteiger charge is -2.15. The van der Waals surface area contributed by atoms with E-state index in [1.807, 2.05) is 0 Å². The predicted molar refractivity (Wildman–Crippen MR) is 112 cm³/mol. The van der Waals surface area contributed by atoms with Crippen molar-refractivity contribution >= 4 is 17.6 Å². The first-order valence-corrected chi connectivity index (χ1v) is 10.1. The van der Waals surface area contributed by atoms with E-state index in [2.05, 4.69) is 12.2 Å². The van der Waals surface area contributed by atoms with Crippen LogP contribution in [-0.2, 0) is 9.47 Å². The number of nitrogens with one attached hydrogen (secondary N) is 1. The van der Waals surface area contributed by atoms with Gasteiger partial charge in [-0.25, -0.2) is 9.59 Å². The largest absolute Gasteiger partial charge is 0.493 e. The van der Waals surface area contributed by atoms with Gasteiger partial charge in [-0.2, -0.15) is 0 Å². The van der Waals surface area contributed by atoms with Crippen molar-refractivity contribution in [3.05, 3.63) is 53.1 Å². The Balaban J connectivity index is 1.65. The van der Waals surface area contributed by atoms with Gasteiger partial charge in [0, 0.05) is 11.3 Å². The smallest absolute Gasteiger partial charge is 0.344 e. The highest BCUT2D eigenvalue weighted by Crippen LogP contribution is 2.42. The van der Waals surface area contributed by atoms with Crippen molar-refractivity contribution in [2.24, 2.45) is 0 Å². The first kappa shape index (κ1) is 21.5. The van der Waals surface area contributed by atoms with E-state index in [1.54, 1.807) is 36.4 Å². The molecule has 1 atom stereocenters. The van der Waals surface area contributed by atoms with Crippen molar-refractivity contribution < 1.29 is 28.5 Å². The van der Waals surface area contributed by atoms with E-state index in [0.717, 1.165) is 25.7 Å². The average molecular weight is 413 g/mol. The van der Waals surface area contributed by atoms with E-state index in [4.69, 9.17) is 18.9 Å². The Morgan fingerprint density at radius 2 is 1.80 bits per heavy atom. The van der Waals surface area contributed by atoms with Gasteiger partial charge in [0.25, 0.3) is 0 Å².